The highest BCUT2D eigenvalue weighted by molar-refractivity contribution is 9.10. The van der Waals surface area contributed by atoms with E-state index >= 15 is 0 Å². The van der Waals surface area contributed by atoms with Crippen molar-refractivity contribution < 1.29 is 14.6 Å². The number of methoxy groups -OCH3 is 1. The van der Waals surface area contributed by atoms with Gasteiger partial charge in [0.05, 0.1) is 18.2 Å². The van der Waals surface area contributed by atoms with Crippen molar-refractivity contribution in [3.63, 3.8) is 0 Å². The number of likely N-dealkylation sites (N-methyl/N-ethyl adjacent to an activating group) is 1. The van der Waals surface area contributed by atoms with E-state index in [4.69, 9.17) is 15.6 Å². The Balaban J connectivity index is 2.93. The summed E-state index contributed by atoms with van der Waals surface area (Å²) < 4.78 is 5.84. The van der Waals surface area contributed by atoms with Gasteiger partial charge in [0.2, 0.25) is 5.91 Å². The highest BCUT2D eigenvalue weighted by Gasteiger charge is 2.18. The third-order valence-corrected chi connectivity index (χ3v) is 2.99. The van der Waals surface area contributed by atoms with Crippen LogP contribution in [-0.2, 0) is 4.79 Å². The van der Waals surface area contributed by atoms with Gasteiger partial charge >= 0.3 is 0 Å². The highest BCUT2D eigenvalue weighted by Crippen LogP contribution is 2.29. The third kappa shape index (κ3) is 3.18. The Labute approximate surface area is 108 Å². The van der Waals surface area contributed by atoms with Crippen LogP contribution >= 0.6 is 15.9 Å². The van der Waals surface area contributed by atoms with Crippen molar-refractivity contribution in [2.24, 2.45) is 5.73 Å². The molecule has 0 saturated heterocycles. The van der Waals surface area contributed by atoms with Crippen LogP contribution < -0.4 is 15.4 Å². The predicted molar refractivity (Wildman–Crippen MR) is 69.2 cm³/mol. The van der Waals surface area contributed by atoms with Gasteiger partial charge in [0.25, 0.3) is 0 Å². The first-order valence-electron chi connectivity index (χ1n) is 4.98. The minimum atomic E-state index is -0.902. The average molecular weight is 303 g/mol. The molecule has 0 aromatic heterocycles. The summed E-state index contributed by atoms with van der Waals surface area (Å²) in [5.41, 5.74) is 6.14. The molecule has 0 bridgehead atoms. The van der Waals surface area contributed by atoms with Gasteiger partial charge in [-0.05, 0) is 34.1 Å². The predicted octanol–water partition coefficient (Wildman–Crippen LogP) is 0.740. The molecule has 1 atom stereocenters. The lowest BCUT2D eigenvalue weighted by atomic mass is 10.2. The smallest absolute Gasteiger partial charge is 0.246 e. The van der Waals surface area contributed by atoms with Crippen molar-refractivity contribution in [2.75, 3.05) is 25.7 Å². The second-order valence-electron chi connectivity index (χ2n) is 3.51. The number of carbonyl (C=O) groups excluding carboxylic acids is 1. The molecule has 94 valence electrons. The van der Waals surface area contributed by atoms with Crippen LogP contribution in [0.4, 0.5) is 5.69 Å². The second kappa shape index (κ2) is 6.00. The van der Waals surface area contributed by atoms with Crippen molar-refractivity contribution in [3.05, 3.63) is 22.7 Å². The van der Waals surface area contributed by atoms with Gasteiger partial charge in [-0.2, -0.15) is 0 Å². The Kier molecular flexibility index (Phi) is 4.92. The van der Waals surface area contributed by atoms with E-state index in [1.807, 2.05) is 0 Å². The summed E-state index contributed by atoms with van der Waals surface area (Å²) in [7, 11) is 3.17. The molecule has 1 unspecified atom stereocenters. The first-order chi connectivity index (χ1) is 8.01. The van der Waals surface area contributed by atoms with Crippen molar-refractivity contribution in [1.29, 1.82) is 0 Å². The maximum absolute atomic E-state index is 11.7. The normalized spacial score (nSPS) is 12.1. The first kappa shape index (κ1) is 14.0. The number of ether oxygens (including phenoxy) is 1. The molecular formula is C11H15BrN2O3. The van der Waals surface area contributed by atoms with Gasteiger partial charge in [-0.3, -0.25) is 4.79 Å². The Bertz CT molecular complexity index is 412. The molecule has 0 heterocycles. The van der Waals surface area contributed by atoms with E-state index in [1.165, 1.54) is 4.90 Å². The number of benzene rings is 1. The van der Waals surface area contributed by atoms with Crippen molar-refractivity contribution in [3.8, 4) is 5.75 Å². The minimum Gasteiger partial charge on any atom is -0.496 e. The molecule has 6 heteroatoms. The summed E-state index contributed by atoms with van der Waals surface area (Å²) in [6, 6.07) is 4.33. The van der Waals surface area contributed by atoms with Crippen LogP contribution in [0.15, 0.2) is 22.7 Å². The zero-order valence-corrected chi connectivity index (χ0v) is 11.3. The standard InChI is InChI=1S/C11H15BrN2O3/c1-14(11(16)9(13)6-15)7-3-4-10(17-2)8(12)5-7/h3-5,9,15H,6,13H2,1-2H3. The fourth-order valence-corrected chi connectivity index (χ4v) is 1.85. The van der Waals surface area contributed by atoms with E-state index in [0.717, 1.165) is 4.47 Å². The molecule has 0 radical (unpaired) electrons. The summed E-state index contributed by atoms with van der Waals surface area (Å²) >= 11 is 3.34. The van der Waals surface area contributed by atoms with Gasteiger partial charge in [-0.25, -0.2) is 0 Å². The molecule has 0 saturated carbocycles. The molecule has 3 N–H and O–H groups in total. The Morgan fingerprint density at radius 1 is 1.65 bits per heavy atom. The minimum absolute atomic E-state index is 0.343. The summed E-state index contributed by atoms with van der Waals surface area (Å²) in [4.78, 5) is 13.1. The Morgan fingerprint density at radius 2 is 2.29 bits per heavy atom. The molecule has 0 fully saturated rings. The van der Waals surface area contributed by atoms with E-state index in [2.05, 4.69) is 15.9 Å². The SMILES string of the molecule is COc1ccc(N(C)C(=O)C(N)CO)cc1Br. The Morgan fingerprint density at radius 3 is 2.76 bits per heavy atom. The largest absolute Gasteiger partial charge is 0.496 e. The molecule has 0 aliphatic carbocycles. The number of hydrogen-bond donors (Lipinski definition) is 2. The van der Waals surface area contributed by atoms with Crippen molar-refractivity contribution in [1.82, 2.24) is 0 Å². The Hall–Kier alpha value is -1.11. The monoisotopic (exact) mass is 302 g/mol. The number of aliphatic hydroxyl groups excluding tert-OH is 1. The molecule has 1 rings (SSSR count). The summed E-state index contributed by atoms with van der Waals surface area (Å²) in [6.45, 7) is -0.375. The van der Waals surface area contributed by atoms with Crippen LogP contribution in [-0.4, -0.2) is 37.8 Å². The van der Waals surface area contributed by atoms with E-state index in [1.54, 1.807) is 32.4 Å². The van der Waals surface area contributed by atoms with Crippen LogP contribution in [0.3, 0.4) is 0 Å². The molecule has 5 nitrogen and oxygen atoms in total. The number of amides is 1. The lowest BCUT2D eigenvalue weighted by molar-refractivity contribution is -0.120. The van der Waals surface area contributed by atoms with Gasteiger partial charge in [0.15, 0.2) is 0 Å². The van der Waals surface area contributed by atoms with E-state index < -0.39 is 6.04 Å². The lowest BCUT2D eigenvalue weighted by Gasteiger charge is -2.21. The number of rotatable bonds is 4. The molecule has 1 aromatic rings. The van der Waals surface area contributed by atoms with Gasteiger partial charge in [0, 0.05) is 12.7 Å². The van der Waals surface area contributed by atoms with Crippen LogP contribution in [0, 0.1) is 0 Å². The summed E-state index contributed by atoms with van der Waals surface area (Å²) in [5, 5.41) is 8.84. The summed E-state index contributed by atoms with van der Waals surface area (Å²) in [6.07, 6.45) is 0. The van der Waals surface area contributed by atoms with Crippen LogP contribution in [0.25, 0.3) is 0 Å². The molecule has 0 spiro atoms. The highest BCUT2D eigenvalue weighted by atomic mass is 79.9. The van der Waals surface area contributed by atoms with E-state index in [9.17, 15) is 4.79 Å². The number of nitrogens with zero attached hydrogens (tertiary/aromatic N) is 1. The summed E-state index contributed by atoms with van der Waals surface area (Å²) in [5.74, 6) is 0.339. The fraction of sp³-hybridized carbons (Fsp3) is 0.364. The second-order valence-corrected chi connectivity index (χ2v) is 4.36. The van der Waals surface area contributed by atoms with Gasteiger partial charge in [-0.1, -0.05) is 0 Å². The van der Waals surface area contributed by atoms with Gasteiger partial charge in [-0.15, -0.1) is 0 Å². The number of aliphatic hydroxyl groups is 1. The van der Waals surface area contributed by atoms with Crippen molar-refractivity contribution >= 4 is 27.5 Å². The van der Waals surface area contributed by atoms with Crippen LogP contribution in [0.2, 0.25) is 0 Å². The zero-order chi connectivity index (χ0) is 13.0. The molecule has 17 heavy (non-hydrogen) atoms. The molecule has 0 aliphatic heterocycles. The molecular weight excluding hydrogens is 288 g/mol. The van der Waals surface area contributed by atoms with Crippen LogP contribution in [0.1, 0.15) is 0 Å². The maximum atomic E-state index is 11.7. The quantitative estimate of drug-likeness (QED) is 0.860. The third-order valence-electron chi connectivity index (χ3n) is 2.37. The van der Waals surface area contributed by atoms with Crippen LogP contribution in [0.5, 0.6) is 5.75 Å². The van der Waals surface area contributed by atoms with Gasteiger partial charge in [0.1, 0.15) is 11.8 Å². The molecule has 0 aliphatic rings. The fourth-order valence-electron chi connectivity index (χ4n) is 1.32. The van der Waals surface area contributed by atoms with Crippen molar-refractivity contribution in [2.45, 2.75) is 6.04 Å². The number of halogens is 1. The van der Waals surface area contributed by atoms with E-state index in [-0.39, 0.29) is 12.5 Å². The number of carbonyl (C=O) groups is 1. The van der Waals surface area contributed by atoms with E-state index in [0.29, 0.717) is 11.4 Å². The number of nitrogens with two attached hydrogens (primary N) is 1. The average Bonchev–Trinajstić information content (AvgIpc) is 2.35. The number of hydrogen-bond acceptors (Lipinski definition) is 4. The maximum Gasteiger partial charge on any atom is 0.246 e. The topological polar surface area (TPSA) is 75.8 Å². The molecule has 1 aromatic carbocycles. The zero-order valence-electron chi connectivity index (χ0n) is 9.68. The number of anilines is 1. The lowest BCUT2D eigenvalue weighted by Crippen LogP contribution is -2.44. The molecule has 1 amide bonds. The van der Waals surface area contributed by atoms with Gasteiger partial charge < -0.3 is 20.5 Å². The first-order valence-corrected chi connectivity index (χ1v) is 5.78.